The summed E-state index contributed by atoms with van der Waals surface area (Å²) in [6, 6.07) is 5.02. The number of rotatable bonds is 6. The van der Waals surface area contributed by atoms with Crippen LogP contribution < -0.4 is 9.47 Å². The lowest BCUT2D eigenvalue weighted by Gasteiger charge is -2.19. The van der Waals surface area contributed by atoms with Gasteiger partial charge in [-0.25, -0.2) is 9.59 Å². The molecule has 0 N–H and O–H groups in total. The third-order valence-electron chi connectivity index (χ3n) is 3.48. The Morgan fingerprint density at radius 1 is 0.783 bits per heavy atom. The summed E-state index contributed by atoms with van der Waals surface area (Å²) in [5, 5.41) is 0. The Morgan fingerprint density at radius 3 is 1.43 bits per heavy atom. The van der Waals surface area contributed by atoms with Crippen LogP contribution in [0, 0.1) is 6.92 Å². The minimum Gasteiger partial charge on any atom is -0.410 e. The van der Waals surface area contributed by atoms with Crippen LogP contribution in [-0.2, 0) is 0 Å². The zero-order valence-electron chi connectivity index (χ0n) is 14.6. The highest BCUT2D eigenvalue weighted by molar-refractivity contribution is 5.72. The van der Waals surface area contributed by atoms with Crippen LogP contribution in [0.25, 0.3) is 0 Å². The second-order valence-corrected chi connectivity index (χ2v) is 5.06. The van der Waals surface area contributed by atoms with Crippen molar-refractivity contribution in [2.45, 2.75) is 34.6 Å². The van der Waals surface area contributed by atoms with Crippen molar-refractivity contribution in [3.8, 4) is 11.5 Å². The monoisotopic (exact) mass is 322 g/mol. The van der Waals surface area contributed by atoms with E-state index >= 15 is 0 Å². The Labute approximate surface area is 138 Å². The molecule has 23 heavy (non-hydrogen) atoms. The molecule has 6 heteroatoms. The largest absolute Gasteiger partial charge is 0.415 e. The van der Waals surface area contributed by atoms with E-state index in [-0.39, 0.29) is 0 Å². The number of carbonyl (C=O) groups excluding carboxylic acids is 2. The zero-order chi connectivity index (χ0) is 17.4. The molecule has 0 aliphatic carbocycles. The summed E-state index contributed by atoms with van der Waals surface area (Å²) < 4.78 is 10.7. The number of aryl methyl sites for hydroxylation is 1. The molecule has 2 amide bonds. The van der Waals surface area contributed by atoms with Gasteiger partial charge in [0, 0.05) is 32.2 Å². The Hall–Kier alpha value is -2.24. The predicted molar refractivity (Wildman–Crippen MR) is 89.1 cm³/mol. The summed E-state index contributed by atoms with van der Waals surface area (Å²) in [7, 11) is 0. The number of hydrogen-bond acceptors (Lipinski definition) is 4. The van der Waals surface area contributed by atoms with Crippen molar-refractivity contribution in [1.82, 2.24) is 9.80 Å². The molecule has 0 spiro atoms. The fraction of sp³-hybridized carbons (Fsp3) is 0.529. The van der Waals surface area contributed by atoms with E-state index in [1.807, 2.05) is 34.6 Å². The number of ether oxygens (including phenoxy) is 2. The van der Waals surface area contributed by atoms with Crippen LogP contribution >= 0.6 is 0 Å². The molecule has 6 nitrogen and oxygen atoms in total. The van der Waals surface area contributed by atoms with Gasteiger partial charge in [0.15, 0.2) is 0 Å². The maximum Gasteiger partial charge on any atom is 0.415 e. The number of nitrogens with zero attached hydrogens (tertiary/aromatic N) is 2. The Balaban J connectivity index is 2.87. The van der Waals surface area contributed by atoms with E-state index in [2.05, 4.69) is 0 Å². The molecule has 0 aliphatic heterocycles. The summed E-state index contributed by atoms with van der Waals surface area (Å²) >= 11 is 0. The highest BCUT2D eigenvalue weighted by Gasteiger charge is 2.15. The summed E-state index contributed by atoms with van der Waals surface area (Å²) in [6.07, 6.45) is -0.830. The number of amides is 2. The van der Waals surface area contributed by atoms with Crippen molar-refractivity contribution >= 4 is 12.2 Å². The predicted octanol–water partition coefficient (Wildman–Crippen LogP) is 3.68. The minimum absolute atomic E-state index is 0.365. The quantitative estimate of drug-likeness (QED) is 0.801. The molecule has 1 rings (SSSR count). The summed E-state index contributed by atoms with van der Waals surface area (Å²) in [5.41, 5.74) is 0.845. The molecular weight excluding hydrogens is 296 g/mol. The van der Waals surface area contributed by atoms with Crippen LogP contribution in [0.1, 0.15) is 33.3 Å². The van der Waals surface area contributed by atoms with E-state index in [9.17, 15) is 9.59 Å². The molecule has 0 heterocycles. The van der Waals surface area contributed by atoms with Gasteiger partial charge in [-0.3, -0.25) is 0 Å². The van der Waals surface area contributed by atoms with Crippen molar-refractivity contribution < 1.29 is 19.1 Å². The standard InChI is InChI=1S/C17H26N2O4/c1-6-18(7-2)16(20)22-14-10-13(5)11-15(12-14)23-17(21)19(8-3)9-4/h10-12H,6-9H2,1-5H3. The third kappa shape index (κ3) is 5.47. The topological polar surface area (TPSA) is 59.1 Å². The van der Waals surface area contributed by atoms with Crippen molar-refractivity contribution in [2.75, 3.05) is 26.2 Å². The van der Waals surface area contributed by atoms with Gasteiger partial charge < -0.3 is 19.3 Å². The van der Waals surface area contributed by atoms with Crippen molar-refractivity contribution in [3.05, 3.63) is 23.8 Å². The first-order valence-corrected chi connectivity index (χ1v) is 8.00. The van der Waals surface area contributed by atoms with Crippen LogP contribution in [0.4, 0.5) is 9.59 Å². The summed E-state index contributed by atoms with van der Waals surface area (Å²) in [5.74, 6) is 0.730. The number of benzene rings is 1. The fourth-order valence-corrected chi connectivity index (χ4v) is 2.13. The molecular formula is C17H26N2O4. The van der Waals surface area contributed by atoms with Crippen LogP contribution in [-0.4, -0.2) is 48.2 Å². The lowest BCUT2D eigenvalue weighted by molar-refractivity contribution is 0.155. The number of carbonyl (C=O) groups is 2. The second-order valence-electron chi connectivity index (χ2n) is 5.06. The van der Waals surface area contributed by atoms with Crippen molar-refractivity contribution in [1.29, 1.82) is 0 Å². The average Bonchev–Trinajstić information content (AvgIpc) is 2.48. The summed E-state index contributed by atoms with van der Waals surface area (Å²) in [4.78, 5) is 27.2. The number of hydrogen-bond donors (Lipinski definition) is 0. The van der Waals surface area contributed by atoms with Gasteiger partial charge in [0.05, 0.1) is 0 Å². The SMILES string of the molecule is CCN(CC)C(=O)Oc1cc(C)cc(OC(=O)N(CC)CC)c1. The molecule has 128 valence electrons. The molecule has 0 fully saturated rings. The van der Waals surface area contributed by atoms with Gasteiger partial charge in [-0.05, 0) is 52.3 Å². The highest BCUT2D eigenvalue weighted by atomic mass is 16.6. The Kier molecular flexibility index (Phi) is 7.38. The van der Waals surface area contributed by atoms with E-state index in [4.69, 9.17) is 9.47 Å². The fourth-order valence-electron chi connectivity index (χ4n) is 2.13. The van der Waals surface area contributed by atoms with E-state index in [0.717, 1.165) is 5.56 Å². The smallest absolute Gasteiger partial charge is 0.410 e. The van der Waals surface area contributed by atoms with Gasteiger partial charge >= 0.3 is 12.2 Å². The molecule has 0 radical (unpaired) electrons. The first-order chi connectivity index (χ1) is 10.9. The first-order valence-electron chi connectivity index (χ1n) is 8.00. The average molecular weight is 322 g/mol. The normalized spacial score (nSPS) is 10.1. The first kappa shape index (κ1) is 18.8. The van der Waals surface area contributed by atoms with Gasteiger partial charge in [0.25, 0.3) is 0 Å². The van der Waals surface area contributed by atoms with Crippen LogP contribution in [0.5, 0.6) is 11.5 Å². The molecule has 0 saturated carbocycles. The lowest BCUT2D eigenvalue weighted by Crippen LogP contribution is -2.33. The Morgan fingerprint density at radius 2 is 1.13 bits per heavy atom. The molecule has 0 saturated heterocycles. The maximum absolute atomic E-state index is 12.0. The minimum atomic E-state index is -0.415. The zero-order valence-corrected chi connectivity index (χ0v) is 14.6. The van der Waals surface area contributed by atoms with Gasteiger partial charge in [0.2, 0.25) is 0 Å². The second kappa shape index (κ2) is 9.02. The molecule has 0 bridgehead atoms. The molecule has 0 unspecified atom stereocenters. The van der Waals surface area contributed by atoms with Crippen molar-refractivity contribution in [2.24, 2.45) is 0 Å². The van der Waals surface area contributed by atoms with Gasteiger partial charge in [-0.1, -0.05) is 0 Å². The van der Waals surface area contributed by atoms with Crippen LogP contribution in [0.2, 0.25) is 0 Å². The molecule has 1 aromatic rings. The van der Waals surface area contributed by atoms with Gasteiger partial charge in [-0.15, -0.1) is 0 Å². The van der Waals surface area contributed by atoms with Crippen molar-refractivity contribution in [3.63, 3.8) is 0 Å². The molecule has 0 aromatic heterocycles. The highest BCUT2D eigenvalue weighted by Crippen LogP contribution is 2.23. The van der Waals surface area contributed by atoms with E-state index in [1.165, 1.54) is 0 Å². The van der Waals surface area contributed by atoms with E-state index < -0.39 is 12.2 Å². The van der Waals surface area contributed by atoms with Crippen LogP contribution in [0.15, 0.2) is 18.2 Å². The third-order valence-corrected chi connectivity index (χ3v) is 3.48. The summed E-state index contributed by atoms with van der Waals surface area (Å²) in [6.45, 7) is 11.7. The van der Waals surface area contributed by atoms with Gasteiger partial charge in [0.1, 0.15) is 11.5 Å². The molecule has 0 aliphatic rings. The molecule has 0 atom stereocenters. The van der Waals surface area contributed by atoms with E-state index in [1.54, 1.807) is 28.0 Å². The maximum atomic E-state index is 12.0. The van der Waals surface area contributed by atoms with Crippen LogP contribution in [0.3, 0.4) is 0 Å². The van der Waals surface area contributed by atoms with Gasteiger partial charge in [-0.2, -0.15) is 0 Å². The Bertz CT molecular complexity index is 493. The molecule has 1 aromatic carbocycles. The lowest BCUT2D eigenvalue weighted by atomic mass is 10.2. The van der Waals surface area contributed by atoms with E-state index in [0.29, 0.717) is 37.7 Å².